The lowest BCUT2D eigenvalue weighted by Gasteiger charge is -2.37. The molecule has 0 heterocycles. The fourth-order valence-corrected chi connectivity index (χ4v) is 3.53. The average molecular weight is 335 g/mol. The van der Waals surface area contributed by atoms with Crippen molar-refractivity contribution in [1.29, 1.82) is 0 Å². The number of benzene rings is 2. The van der Waals surface area contributed by atoms with E-state index in [4.69, 9.17) is 16.3 Å². The molecule has 2 aromatic carbocycles. The molecule has 1 N–H and O–H groups in total. The van der Waals surface area contributed by atoms with Crippen molar-refractivity contribution >= 4 is 28.3 Å². The normalized spacial score (nSPS) is 14.7. The molecular formula is C19H23ClO3. The molecule has 0 radical (unpaired) electrons. The molecule has 0 aliphatic heterocycles. The van der Waals surface area contributed by atoms with Crippen LogP contribution < -0.4 is 0 Å². The number of hydrogen-bond donors (Lipinski definition) is 1. The molecule has 0 amide bonds. The number of halogens is 1. The van der Waals surface area contributed by atoms with Crippen molar-refractivity contribution in [2.75, 3.05) is 0 Å². The van der Waals surface area contributed by atoms with Gasteiger partial charge in [-0.15, -0.1) is 0 Å². The molecule has 0 aliphatic carbocycles. The molecule has 23 heavy (non-hydrogen) atoms. The van der Waals surface area contributed by atoms with Crippen LogP contribution in [0.25, 0.3) is 10.8 Å². The lowest BCUT2D eigenvalue weighted by atomic mass is 9.85. The predicted molar refractivity (Wildman–Crippen MR) is 94.1 cm³/mol. The Hall–Kier alpha value is -1.58. The smallest absolute Gasteiger partial charge is 0.340 e. The van der Waals surface area contributed by atoms with Crippen molar-refractivity contribution in [2.24, 2.45) is 0 Å². The minimum absolute atomic E-state index is 0.290. The maximum Gasteiger partial charge on any atom is 0.340 e. The largest absolute Gasteiger partial charge is 0.479 e. The number of fused-ring (bicyclic) bond motifs is 1. The Morgan fingerprint density at radius 2 is 1.87 bits per heavy atom. The maximum absolute atomic E-state index is 12.2. The monoisotopic (exact) mass is 334 g/mol. The van der Waals surface area contributed by atoms with E-state index in [2.05, 4.69) is 0 Å². The van der Waals surface area contributed by atoms with Gasteiger partial charge < -0.3 is 9.84 Å². The number of aryl methyl sites for hydroxylation is 1. The van der Waals surface area contributed by atoms with Crippen molar-refractivity contribution in [3.63, 3.8) is 0 Å². The number of carboxylic acid groups (broad SMARTS) is 1. The highest BCUT2D eigenvalue weighted by Crippen LogP contribution is 2.43. The van der Waals surface area contributed by atoms with Gasteiger partial charge in [0.05, 0.1) is 10.6 Å². The lowest BCUT2D eigenvalue weighted by molar-refractivity contribution is -0.188. The van der Waals surface area contributed by atoms with Gasteiger partial charge in [0.2, 0.25) is 0 Å². The van der Waals surface area contributed by atoms with E-state index in [9.17, 15) is 9.90 Å². The van der Waals surface area contributed by atoms with Gasteiger partial charge in [0.15, 0.2) is 5.60 Å². The van der Waals surface area contributed by atoms with E-state index in [0.717, 1.165) is 16.3 Å². The van der Waals surface area contributed by atoms with Crippen LogP contribution in [0.2, 0.25) is 5.02 Å². The lowest BCUT2D eigenvalue weighted by Crippen LogP contribution is -2.44. The molecule has 2 rings (SSSR count). The molecular weight excluding hydrogens is 312 g/mol. The molecule has 1 atom stereocenters. The van der Waals surface area contributed by atoms with Crippen LogP contribution in [0.15, 0.2) is 30.3 Å². The van der Waals surface area contributed by atoms with Crippen LogP contribution in [-0.2, 0) is 15.1 Å². The second kappa shape index (κ2) is 6.14. The molecule has 0 spiro atoms. The highest BCUT2D eigenvalue weighted by Gasteiger charge is 2.45. The second-order valence-corrected chi connectivity index (χ2v) is 7.18. The summed E-state index contributed by atoms with van der Waals surface area (Å²) in [4.78, 5) is 12.2. The third kappa shape index (κ3) is 3.22. The fourth-order valence-electron chi connectivity index (χ4n) is 3.06. The second-order valence-electron chi connectivity index (χ2n) is 6.80. The van der Waals surface area contributed by atoms with E-state index in [0.29, 0.717) is 17.0 Å². The summed E-state index contributed by atoms with van der Waals surface area (Å²) in [5.41, 5.74) is -0.718. The first-order valence-corrected chi connectivity index (χ1v) is 8.12. The topological polar surface area (TPSA) is 46.5 Å². The summed E-state index contributed by atoms with van der Waals surface area (Å²) in [7, 11) is 0. The quantitative estimate of drug-likeness (QED) is 0.824. The number of carbonyl (C=O) groups is 1. The fraction of sp³-hybridized carbons (Fsp3) is 0.421. The number of rotatable bonds is 4. The Morgan fingerprint density at radius 1 is 1.26 bits per heavy atom. The van der Waals surface area contributed by atoms with Crippen LogP contribution in [0.4, 0.5) is 0 Å². The van der Waals surface area contributed by atoms with Gasteiger partial charge in [-0.1, -0.05) is 48.9 Å². The first kappa shape index (κ1) is 17.8. The first-order chi connectivity index (χ1) is 10.6. The predicted octanol–water partition coefficient (Wildman–Crippen LogP) is 5.31. The molecule has 124 valence electrons. The summed E-state index contributed by atoms with van der Waals surface area (Å²) in [5.74, 6) is -1.02. The molecule has 0 saturated heterocycles. The van der Waals surface area contributed by atoms with Gasteiger partial charge in [-0.25, -0.2) is 4.79 Å². The SMILES string of the molecule is CC[C@@](OC(C)(C)C)(C(=O)O)c1c(C)cc2ccccc2c1Cl. The molecule has 2 aromatic rings. The Bertz CT molecular complexity index is 746. The van der Waals surface area contributed by atoms with E-state index in [1.165, 1.54) is 0 Å². The standard InChI is InChI=1S/C19H23ClO3/c1-6-19(17(21)22,23-18(3,4)5)15-12(2)11-13-9-7-8-10-14(13)16(15)20/h7-11H,6H2,1-5H3,(H,21,22)/t19-/m0/s1. The molecule has 0 fully saturated rings. The van der Waals surface area contributed by atoms with Crippen LogP contribution in [0.5, 0.6) is 0 Å². The zero-order valence-electron chi connectivity index (χ0n) is 14.2. The van der Waals surface area contributed by atoms with Crippen molar-refractivity contribution in [1.82, 2.24) is 0 Å². The Labute approximate surface area is 142 Å². The third-order valence-electron chi connectivity index (χ3n) is 3.91. The molecule has 0 aliphatic rings. The van der Waals surface area contributed by atoms with Gasteiger partial charge in [-0.3, -0.25) is 0 Å². The van der Waals surface area contributed by atoms with Gasteiger partial charge in [0.25, 0.3) is 0 Å². The van der Waals surface area contributed by atoms with Crippen LogP contribution in [0, 0.1) is 6.92 Å². The van der Waals surface area contributed by atoms with Gasteiger partial charge in [0.1, 0.15) is 0 Å². The molecule has 0 unspecified atom stereocenters. The van der Waals surface area contributed by atoms with Crippen LogP contribution >= 0.6 is 11.6 Å². The number of carboxylic acids is 1. The maximum atomic E-state index is 12.2. The molecule has 4 heteroatoms. The van der Waals surface area contributed by atoms with Crippen molar-refractivity contribution in [2.45, 2.75) is 52.2 Å². The van der Waals surface area contributed by atoms with Gasteiger partial charge >= 0.3 is 5.97 Å². The number of hydrogen-bond acceptors (Lipinski definition) is 2. The summed E-state index contributed by atoms with van der Waals surface area (Å²) in [6, 6.07) is 9.67. The van der Waals surface area contributed by atoms with Crippen LogP contribution in [0.3, 0.4) is 0 Å². The zero-order valence-corrected chi connectivity index (χ0v) is 15.0. The third-order valence-corrected chi connectivity index (χ3v) is 4.30. The average Bonchev–Trinajstić information content (AvgIpc) is 2.44. The Morgan fingerprint density at radius 3 is 2.39 bits per heavy atom. The van der Waals surface area contributed by atoms with Crippen molar-refractivity contribution in [3.05, 3.63) is 46.5 Å². The van der Waals surface area contributed by atoms with Crippen LogP contribution in [0.1, 0.15) is 45.2 Å². The minimum atomic E-state index is -1.47. The molecule has 0 aromatic heterocycles. The van der Waals surface area contributed by atoms with Gasteiger partial charge in [0, 0.05) is 10.9 Å². The van der Waals surface area contributed by atoms with Crippen molar-refractivity contribution in [3.8, 4) is 0 Å². The van der Waals surface area contributed by atoms with E-state index in [-0.39, 0.29) is 0 Å². The van der Waals surface area contributed by atoms with Gasteiger partial charge in [-0.05, 0) is 45.1 Å². The summed E-state index contributed by atoms with van der Waals surface area (Å²) >= 11 is 6.64. The van der Waals surface area contributed by atoms with E-state index >= 15 is 0 Å². The number of ether oxygens (including phenoxy) is 1. The highest BCUT2D eigenvalue weighted by molar-refractivity contribution is 6.36. The van der Waals surface area contributed by atoms with Gasteiger partial charge in [-0.2, -0.15) is 0 Å². The summed E-state index contributed by atoms with van der Waals surface area (Å²) < 4.78 is 6.05. The van der Waals surface area contributed by atoms with Crippen LogP contribution in [-0.4, -0.2) is 16.7 Å². The summed E-state index contributed by atoms with van der Waals surface area (Å²) in [5, 5.41) is 12.3. The van der Waals surface area contributed by atoms with E-state index < -0.39 is 17.2 Å². The van der Waals surface area contributed by atoms with E-state index in [1.54, 1.807) is 0 Å². The zero-order chi connectivity index (χ0) is 17.4. The van der Waals surface area contributed by atoms with E-state index in [1.807, 2.05) is 65.0 Å². The Balaban J connectivity index is 2.83. The summed E-state index contributed by atoms with van der Waals surface area (Å²) in [6.45, 7) is 9.25. The molecule has 0 saturated carbocycles. The minimum Gasteiger partial charge on any atom is -0.479 e. The first-order valence-electron chi connectivity index (χ1n) is 7.74. The summed E-state index contributed by atoms with van der Waals surface area (Å²) in [6.07, 6.45) is 0.290. The molecule has 3 nitrogen and oxygen atoms in total. The number of aliphatic carboxylic acids is 1. The Kier molecular flexibility index (Phi) is 4.74. The molecule has 0 bridgehead atoms. The highest BCUT2D eigenvalue weighted by atomic mass is 35.5. The van der Waals surface area contributed by atoms with Crippen molar-refractivity contribution < 1.29 is 14.6 Å².